The summed E-state index contributed by atoms with van der Waals surface area (Å²) in [7, 11) is 0. The van der Waals surface area contributed by atoms with Gasteiger partial charge in [0.15, 0.2) is 5.12 Å². The number of aliphatic hydroxyl groups is 1. The van der Waals surface area contributed by atoms with E-state index in [9.17, 15) is 14.4 Å². The average Bonchev–Trinajstić information content (AvgIpc) is 2.23. The van der Waals surface area contributed by atoms with Crippen molar-refractivity contribution < 1.29 is 24.2 Å². The van der Waals surface area contributed by atoms with Gasteiger partial charge in [0.05, 0.1) is 11.5 Å². The highest BCUT2D eigenvalue weighted by molar-refractivity contribution is 8.13. The Morgan fingerprint density at radius 2 is 1.95 bits per heavy atom. The first-order valence-electron chi connectivity index (χ1n) is 6.45. The standard InChI is InChI=1S/C10H18N2O3.C3H6O2S/c1-9(2,3)15-8(14)11-6-7(13)12-10(6,4)5;1-3(5)6-2-4/h6H,1-5H3,(H,11,14)(H,12,13);4H,2H2,1H3/t6-;/m1./s1. The Balaban J connectivity index is 0.000000567. The summed E-state index contributed by atoms with van der Waals surface area (Å²) in [5.41, 5.74) is -0.942. The van der Waals surface area contributed by atoms with Crippen LogP contribution in [-0.2, 0) is 14.3 Å². The molecule has 3 N–H and O–H groups in total. The number of hydrogen-bond acceptors (Lipinski definition) is 6. The van der Waals surface area contributed by atoms with Gasteiger partial charge in [-0.05, 0) is 34.6 Å². The lowest BCUT2D eigenvalue weighted by atomic mass is 9.86. The summed E-state index contributed by atoms with van der Waals surface area (Å²) in [6.45, 7) is 10.4. The molecule has 7 nitrogen and oxygen atoms in total. The van der Waals surface area contributed by atoms with Crippen LogP contribution in [0.4, 0.5) is 4.79 Å². The molecule has 0 spiro atoms. The van der Waals surface area contributed by atoms with Gasteiger partial charge in [-0.3, -0.25) is 9.59 Å². The third-order valence-corrected chi connectivity index (χ3v) is 2.89. The zero-order valence-electron chi connectivity index (χ0n) is 13.3. The molecule has 1 aliphatic rings. The van der Waals surface area contributed by atoms with Crippen LogP contribution in [0.1, 0.15) is 41.5 Å². The van der Waals surface area contributed by atoms with E-state index >= 15 is 0 Å². The molecule has 1 fully saturated rings. The van der Waals surface area contributed by atoms with Gasteiger partial charge in [0, 0.05) is 6.92 Å². The van der Waals surface area contributed by atoms with Crippen molar-refractivity contribution in [2.45, 2.75) is 58.7 Å². The molecule has 1 aliphatic heterocycles. The maximum Gasteiger partial charge on any atom is 0.408 e. The highest BCUT2D eigenvalue weighted by atomic mass is 32.2. The summed E-state index contributed by atoms with van der Waals surface area (Å²) in [4.78, 5) is 32.4. The van der Waals surface area contributed by atoms with Crippen LogP contribution in [0.25, 0.3) is 0 Å². The molecule has 0 aromatic carbocycles. The first kappa shape index (κ1) is 19.7. The fraction of sp³-hybridized carbons (Fsp3) is 0.769. The van der Waals surface area contributed by atoms with Crippen molar-refractivity contribution >= 4 is 28.9 Å². The van der Waals surface area contributed by atoms with Gasteiger partial charge in [0.25, 0.3) is 0 Å². The van der Waals surface area contributed by atoms with Crippen LogP contribution < -0.4 is 10.6 Å². The lowest BCUT2D eigenvalue weighted by molar-refractivity contribution is -0.135. The monoisotopic (exact) mass is 320 g/mol. The smallest absolute Gasteiger partial charge is 0.408 e. The first-order chi connectivity index (χ1) is 9.39. The number of rotatable bonds is 2. The fourth-order valence-corrected chi connectivity index (χ4v) is 1.66. The van der Waals surface area contributed by atoms with E-state index in [0.717, 1.165) is 11.8 Å². The number of hydrogen-bond donors (Lipinski definition) is 3. The van der Waals surface area contributed by atoms with Crippen molar-refractivity contribution in [3.05, 3.63) is 0 Å². The van der Waals surface area contributed by atoms with Crippen molar-refractivity contribution in [3.8, 4) is 0 Å². The Kier molecular flexibility index (Phi) is 7.18. The van der Waals surface area contributed by atoms with E-state index in [-0.39, 0.29) is 17.0 Å². The van der Waals surface area contributed by atoms with Gasteiger partial charge in [-0.1, -0.05) is 11.8 Å². The summed E-state index contributed by atoms with van der Waals surface area (Å²) in [5.74, 6) is -0.277. The molecule has 0 aliphatic carbocycles. The molecule has 122 valence electrons. The summed E-state index contributed by atoms with van der Waals surface area (Å²) >= 11 is 0.903. The number of ether oxygens (including phenoxy) is 1. The molecule has 0 bridgehead atoms. The van der Waals surface area contributed by atoms with Crippen LogP contribution >= 0.6 is 11.8 Å². The zero-order chi connectivity index (χ0) is 16.8. The molecule has 0 saturated carbocycles. The second-order valence-electron chi connectivity index (χ2n) is 6.06. The molecule has 1 rings (SSSR count). The third-order valence-electron chi connectivity index (χ3n) is 2.36. The van der Waals surface area contributed by atoms with Crippen molar-refractivity contribution in [1.29, 1.82) is 0 Å². The number of carbonyl (C=O) groups is 3. The quantitative estimate of drug-likeness (QED) is 0.518. The van der Waals surface area contributed by atoms with Crippen LogP contribution in [0, 0.1) is 0 Å². The number of alkyl carbamates (subject to hydrolysis) is 1. The maximum absolute atomic E-state index is 11.4. The minimum atomic E-state index is -0.560. The van der Waals surface area contributed by atoms with Crippen LogP contribution in [0.3, 0.4) is 0 Å². The van der Waals surface area contributed by atoms with Crippen molar-refractivity contribution in [3.63, 3.8) is 0 Å². The van der Waals surface area contributed by atoms with E-state index < -0.39 is 23.3 Å². The second-order valence-corrected chi connectivity index (χ2v) is 7.18. The van der Waals surface area contributed by atoms with Gasteiger partial charge in [-0.15, -0.1) is 0 Å². The first-order valence-corrected chi connectivity index (χ1v) is 7.43. The van der Waals surface area contributed by atoms with Crippen molar-refractivity contribution in [2.24, 2.45) is 0 Å². The lowest BCUT2D eigenvalue weighted by Gasteiger charge is -2.44. The highest BCUT2D eigenvalue weighted by Crippen LogP contribution is 2.19. The predicted molar refractivity (Wildman–Crippen MR) is 80.7 cm³/mol. The van der Waals surface area contributed by atoms with E-state index in [1.165, 1.54) is 6.92 Å². The SMILES string of the molecule is CC(=O)SCO.CC(C)(C)OC(=O)N[C@@H]1C(=O)NC1(C)C. The summed E-state index contributed by atoms with van der Waals surface area (Å²) in [5, 5.41) is 13.2. The molecule has 1 atom stereocenters. The Morgan fingerprint density at radius 1 is 1.43 bits per heavy atom. The molecule has 1 saturated heterocycles. The molecule has 0 unspecified atom stereocenters. The van der Waals surface area contributed by atoms with E-state index in [4.69, 9.17) is 9.84 Å². The number of β-lactam (4-membered cyclic amide) rings is 1. The minimum Gasteiger partial charge on any atom is -0.444 e. The second kappa shape index (κ2) is 7.65. The molecule has 0 radical (unpaired) electrons. The maximum atomic E-state index is 11.4. The van der Waals surface area contributed by atoms with E-state index in [2.05, 4.69) is 10.6 Å². The molecule has 2 amide bonds. The lowest BCUT2D eigenvalue weighted by Crippen LogP contribution is -2.75. The molecular weight excluding hydrogens is 296 g/mol. The fourth-order valence-electron chi connectivity index (χ4n) is 1.47. The Hall–Kier alpha value is -1.28. The third kappa shape index (κ3) is 7.91. The highest BCUT2D eigenvalue weighted by Gasteiger charge is 2.47. The van der Waals surface area contributed by atoms with Gasteiger partial charge in [0.2, 0.25) is 5.91 Å². The summed E-state index contributed by atoms with van der Waals surface area (Å²) in [6, 6.07) is -0.507. The Labute approximate surface area is 129 Å². The van der Waals surface area contributed by atoms with Crippen LogP contribution in [0.15, 0.2) is 0 Å². The molecule has 0 aromatic rings. The normalized spacial score (nSPS) is 19.4. The van der Waals surface area contributed by atoms with Gasteiger partial charge in [-0.2, -0.15) is 0 Å². The van der Waals surface area contributed by atoms with E-state index in [0.29, 0.717) is 0 Å². The number of nitrogens with one attached hydrogen (secondary N) is 2. The van der Waals surface area contributed by atoms with Gasteiger partial charge in [0.1, 0.15) is 11.6 Å². The number of amides is 2. The van der Waals surface area contributed by atoms with Gasteiger partial charge >= 0.3 is 6.09 Å². The Bertz CT molecular complexity index is 404. The van der Waals surface area contributed by atoms with Gasteiger partial charge in [-0.25, -0.2) is 4.79 Å². The Morgan fingerprint density at radius 3 is 2.19 bits per heavy atom. The van der Waals surface area contributed by atoms with E-state index in [1.54, 1.807) is 20.8 Å². The van der Waals surface area contributed by atoms with E-state index in [1.807, 2.05) is 13.8 Å². The van der Waals surface area contributed by atoms with Crippen LogP contribution in [-0.4, -0.2) is 45.3 Å². The van der Waals surface area contributed by atoms with Crippen molar-refractivity contribution in [1.82, 2.24) is 10.6 Å². The van der Waals surface area contributed by atoms with Gasteiger partial charge < -0.3 is 20.5 Å². The van der Waals surface area contributed by atoms with Crippen molar-refractivity contribution in [2.75, 3.05) is 5.94 Å². The largest absolute Gasteiger partial charge is 0.444 e. The molecule has 21 heavy (non-hydrogen) atoms. The number of carbonyl (C=O) groups excluding carboxylic acids is 3. The van der Waals surface area contributed by atoms with Crippen LogP contribution in [0.2, 0.25) is 0 Å². The number of thioether (sulfide) groups is 1. The zero-order valence-corrected chi connectivity index (χ0v) is 14.1. The topological polar surface area (TPSA) is 105 Å². The summed E-state index contributed by atoms with van der Waals surface area (Å²) < 4.78 is 5.06. The minimum absolute atomic E-state index is 0.0440. The predicted octanol–water partition coefficient (Wildman–Crippen LogP) is 1.00. The molecule has 0 aromatic heterocycles. The molecular formula is C13H24N2O5S. The molecule has 8 heteroatoms. The number of aliphatic hydroxyl groups excluding tert-OH is 1. The van der Waals surface area contributed by atoms with Crippen LogP contribution in [0.5, 0.6) is 0 Å². The average molecular weight is 320 g/mol. The summed E-state index contributed by atoms with van der Waals surface area (Å²) in [6.07, 6.45) is -0.560. The molecule has 1 heterocycles.